The number of para-hydroxylation sites is 1. The van der Waals surface area contributed by atoms with E-state index in [4.69, 9.17) is 105 Å². The van der Waals surface area contributed by atoms with Gasteiger partial charge in [-0.05, 0) is 247 Å². The predicted molar refractivity (Wildman–Crippen MR) is 534 cm³/mol. The molecule has 0 amide bonds. The van der Waals surface area contributed by atoms with Crippen molar-refractivity contribution in [2.24, 2.45) is 0 Å². The number of terminal acetylenes is 13. The summed E-state index contributed by atoms with van der Waals surface area (Å²) in [7, 11) is 0. The Balaban J connectivity index is 0.000000464. The van der Waals surface area contributed by atoms with Crippen LogP contribution in [0.5, 0.6) is 11.5 Å². The summed E-state index contributed by atoms with van der Waals surface area (Å²) >= 11 is 6.99. The number of carbonyl (C=O) groups excluding carboxylic acids is 1. The maximum absolute atomic E-state index is 9.95. The number of ether oxygens (including phenoxy) is 2. The van der Waals surface area contributed by atoms with Gasteiger partial charge in [-0.25, -0.2) is 9.78 Å². The fourth-order valence-corrected chi connectivity index (χ4v) is 10.5. The molecule has 3 heterocycles. The van der Waals surface area contributed by atoms with Gasteiger partial charge in [-0.1, -0.05) is 218 Å². The van der Waals surface area contributed by atoms with Crippen molar-refractivity contribution in [1.29, 1.82) is 0 Å². The highest BCUT2D eigenvalue weighted by Gasteiger charge is 2.05. The standard InChI is InChI=1S/C16H10.C14H10O.C14H10.C11H12.2C8H7N.C8H6.2C7H5N.C6H9Cl.C6H4S.C6H10.C5H6O2/c1-2-12-11-13-7-3-4-9-15(13)16-10-6-5-8-14(12)16;1-2-12-8-10-14(11-9-12)15-13-6-4-3-5-7-13;1-2-12-8-10-14(11-9-12)13-6-4-3-5-7-13;1-5-11-7-9(3)8(2)6-10(11)4;1-2-7-3-5-8(9)6-4-7;1-2-7-4-3-5-8(9)6-7;1-2-8-6-4-3-5-7-8;1-2-7-4-3-5-8-6-7;1-2-7-5-3-4-6-8-7;1-2-3-4-5-6-7;1-2-6-3-4-7-5-6;1-3-5-6-4-2;1-3-5(6)7-4-2/h1,3-11H;1,3-11H;1,3-11H;1,6-7H,2-4H3;2*1,3-6H,9H2;1,3-7H;2*1,3-6H;1H,3-6H2;1,3-5H;1H,4-6H2,2H3;1H,4H2,2H3. The van der Waals surface area contributed by atoms with E-state index in [1.807, 2.05) is 212 Å². The number of pyridine rings is 2. The Labute approximate surface area is 754 Å². The molecule has 11 aromatic carbocycles. The first-order chi connectivity index (χ1) is 60.8. The van der Waals surface area contributed by atoms with Crippen molar-refractivity contribution in [2.45, 2.75) is 73.1 Å². The van der Waals surface area contributed by atoms with E-state index in [-0.39, 0.29) is 0 Å². The molecule has 0 bridgehead atoms. The lowest BCUT2D eigenvalue weighted by Crippen LogP contribution is -1.98. The molecule has 0 unspecified atom stereocenters. The number of esters is 1. The molecule has 3 aromatic heterocycles. The number of hydrogen-bond acceptors (Lipinski definition) is 8. The number of thiophene rings is 1. The van der Waals surface area contributed by atoms with Crippen LogP contribution in [0.1, 0.15) is 125 Å². The number of alkyl halides is 1. The maximum Gasteiger partial charge on any atom is 0.384 e. The van der Waals surface area contributed by atoms with E-state index in [1.54, 1.807) is 73.1 Å². The van der Waals surface area contributed by atoms with Gasteiger partial charge in [-0.15, -0.1) is 107 Å². The molecule has 0 aliphatic rings. The number of nitrogens with zero attached hydrogens (tertiary/aromatic N) is 2. The smallest absolute Gasteiger partial charge is 0.384 e. The van der Waals surface area contributed by atoms with Crippen LogP contribution in [0.4, 0.5) is 11.4 Å². The molecular formula is C116H101ClN4O3S. The third-order valence-corrected chi connectivity index (χ3v) is 17.2. The first kappa shape index (κ1) is 104. The summed E-state index contributed by atoms with van der Waals surface area (Å²) < 4.78 is 9.93. The molecule has 0 saturated heterocycles. The van der Waals surface area contributed by atoms with Crippen molar-refractivity contribution < 1.29 is 14.3 Å². The molecule has 0 aliphatic heterocycles. The SMILES string of the molecule is C#CC(=O)OCC.C#CCCCC.C#CCCCCCl.C#Cc1cc(C)c(C)cc1C.C#Cc1cc2ccccc2c2ccccc12.C#Cc1ccc(-c2ccccc2)cc1.C#Cc1ccc(N)cc1.C#Cc1ccc(Oc2ccccc2)cc1.C#Cc1cccc(N)c1.C#Cc1ccccc1.C#Cc1ccccn1.C#Cc1cccnc1.C#Cc1ccsc1. The molecule has 0 atom stereocenters. The number of carbonyl (C=O) groups is 1. The van der Waals surface area contributed by atoms with E-state index in [9.17, 15) is 4.79 Å². The first-order valence-electron chi connectivity index (χ1n) is 39.1. The summed E-state index contributed by atoms with van der Waals surface area (Å²) in [4.78, 5) is 17.6. The average Bonchev–Trinajstić information content (AvgIpc) is 1.24. The Morgan fingerprint density at radius 3 is 1.32 bits per heavy atom. The Bertz CT molecular complexity index is 5920. The molecule has 9 heteroatoms. The lowest BCUT2D eigenvalue weighted by Gasteiger charge is -2.05. The zero-order valence-corrected chi connectivity index (χ0v) is 72.9. The highest BCUT2D eigenvalue weighted by molar-refractivity contribution is 7.08. The van der Waals surface area contributed by atoms with Gasteiger partial charge in [0.2, 0.25) is 0 Å². The van der Waals surface area contributed by atoms with E-state index >= 15 is 0 Å². The fraction of sp³-hybridized carbons (Fsp3) is 0.112. The first-order valence-corrected chi connectivity index (χ1v) is 40.6. The van der Waals surface area contributed by atoms with Gasteiger partial charge in [-0.3, -0.25) is 4.98 Å². The number of anilines is 2. The largest absolute Gasteiger partial charge is 0.457 e. The lowest BCUT2D eigenvalue weighted by atomic mass is 9.98. The third-order valence-electron chi connectivity index (χ3n) is 16.3. The molecule has 4 N–H and O–H groups in total. The van der Waals surface area contributed by atoms with Gasteiger partial charge in [0.25, 0.3) is 0 Å². The van der Waals surface area contributed by atoms with Crippen LogP contribution in [0.25, 0.3) is 32.7 Å². The number of nitrogen functional groups attached to an aromatic ring is 2. The second-order valence-electron chi connectivity index (χ2n) is 25.4. The van der Waals surface area contributed by atoms with Crippen molar-refractivity contribution in [3.8, 4) is 183 Å². The summed E-state index contributed by atoms with van der Waals surface area (Å²) in [6, 6.07) is 93.4. The van der Waals surface area contributed by atoms with E-state index in [0.29, 0.717) is 18.0 Å². The normalized spacial score (nSPS) is 8.65. The second kappa shape index (κ2) is 67.3. The fourth-order valence-electron chi connectivity index (χ4n) is 9.68. The highest BCUT2D eigenvalue weighted by Crippen LogP contribution is 2.28. The van der Waals surface area contributed by atoms with Crippen LogP contribution in [-0.2, 0) is 9.53 Å². The van der Waals surface area contributed by atoms with Gasteiger partial charge in [0, 0.05) is 110 Å². The van der Waals surface area contributed by atoms with Gasteiger partial charge in [0.1, 0.15) is 17.2 Å². The molecule has 125 heavy (non-hydrogen) atoms. The van der Waals surface area contributed by atoms with Crippen molar-refractivity contribution in [3.63, 3.8) is 0 Å². The molecule has 0 radical (unpaired) electrons. The van der Waals surface area contributed by atoms with Crippen LogP contribution >= 0.6 is 22.9 Å². The number of unbranched alkanes of at least 4 members (excludes halogenated alkanes) is 4. The quantitative estimate of drug-likeness (QED) is 0.0281. The van der Waals surface area contributed by atoms with Crippen LogP contribution in [0.3, 0.4) is 0 Å². The van der Waals surface area contributed by atoms with Crippen LogP contribution < -0.4 is 16.2 Å². The third kappa shape index (κ3) is 46.4. The molecule has 7 nitrogen and oxygen atoms in total. The number of rotatable bonds is 9. The van der Waals surface area contributed by atoms with Crippen LogP contribution in [0, 0.1) is 181 Å². The number of aromatic nitrogens is 2. The Hall–Kier alpha value is -16.6. The summed E-state index contributed by atoms with van der Waals surface area (Å²) in [5.74, 6) is 34.2. The number of benzene rings is 11. The van der Waals surface area contributed by atoms with Crippen LogP contribution in [-0.4, -0.2) is 28.4 Å². The minimum absolute atomic E-state index is 0.350. The number of hydrogen-bond donors (Lipinski definition) is 2. The zero-order chi connectivity index (χ0) is 91.7. The topological polar surface area (TPSA) is 113 Å². The summed E-state index contributed by atoms with van der Waals surface area (Å²) in [5, 5.41) is 8.76. The van der Waals surface area contributed by atoms with Gasteiger partial charge >= 0.3 is 5.97 Å². The van der Waals surface area contributed by atoms with Crippen molar-refractivity contribution in [3.05, 3.63) is 393 Å². The van der Waals surface area contributed by atoms with Crippen molar-refractivity contribution in [1.82, 2.24) is 9.97 Å². The molecule has 14 aromatic rings. The van der Waals surface area contributed by atoms with Crippen molar-refractivity contribution >= 4 is 61.8 Å². The minimum atomic E-state index is -0.595. The molecule has 14 rings (SSSR count). The number of fused-ring (bicyclic) bond motifs is 3. The Morgan fingerprint density at radius 2 is 0.880 bits per heavy atom. The van der Waals surface area contributed by atoms with Gasteiger partial charge in [0.05, 0.1) is 6.61 Å². The molecule has 0 aliphatic carbocycles. The Kier molecular flexibility index (Phi) is 56.2. The Morgan fingerprint density at radius 1 is 0.392 bits per heavy atom. The van der Waals surface area contributed by atoms with E-state index in [2.05, 4.69) is 180 Å². The zero-order valence-electron chi connectivity index (χ0n) is 71.3. The second-order valence-corrected chi connectivity index (χ2v) is 26.5. The van der Waals surface area contributed by atoms with E-state index < -0.39 is 5.97 Å². The number of aryl methyl sites for hydroxylation is 3. The maximum atomic E-state index is 9.95. The highest BCUT2D eigenvalue weighted by atomic mass is 35.5. The van der Waals surface area contributed by atoms with Gasteiger partial charge in [-0.2, -0.15) is 11.3 Å². The van der Waals surface area contributed by atoms with Gasteiger partial charge in [0.15, 0.2) is 0 Å². The van der Waals surface area contributed by atoms with Crippen molar-refractivity contribution in [2.75, 3.05) is 24.0 Å². The summed E-state index contributed by atoms with van der Waals surface area (Å²) in [6.07, 6.45) is 77.8. The summed E-state index contributed by atoms with van der Waals surface area (Å²) in [5.41, 5.74) is 27.4. The van der Waals surface area contributed by atoms with Crippen LogP contribution in [0.2, 0.25) is 0 Å². The molecule has 0 saturated carbocycles. The molecule has 0 spiro atoms. The van der Waals surface area contributed by atoms with E-state index in [1.165, 1.54) is 56.8 Å². The van der Waals surface area contributed by atoms with Gasteiger partial charge < -0.3 is 20.9 Å². The van der Waals surface area contributed by atoms with Crippen LogP contribution in [0.15, 0.2) is 321 Å². The molecule has 0 fully saturated rings. The molecule has 616 valence electrons. The minimum Gasteiger partial charge on any atom is -0.457 e. The lowest BCUT2D eigenvalue weighted by molar-refractivity contribution is -0.136. The average molecular weight is 1670 g/mol. The number of halogens is 1. The molecular weight excluding hydrogens is 1560 g/mol. The summed E-state index contributed by atoms with van der Waals surface area (Å²) in [6.45, 7) is 10.4. The predicted octanol–water partition coefficient (Wildman–Crippen LogP) is 25.4. The number of nitrogens with two attached hydrogens (primary N) is 2. The van der Waals surface area contributed by atoms with E-state index in [0.717, 1.165) is 104 Å². The monoisotopic (exact) mass is 1660 g/mol.